The molecule has 0 saturated carbocycles. The molecule has 1 fully saturated rings. The molecule has 6 nitrogen and oxygen atoms in total. The van der Waals surface area contributed by atoms with Gasteiger partial charge in [-0.2, -0.15) is 4.98 Å². The predicted molar refractivity (Wildman–Crippen MR) is 110 cm³/mol. The van der Waals surface area contributed by atoms with Crippen molar-refractivity contribution in [3.05, 3.63) is 47.7 Å². The molecule has 7 heteroatoms. The van der Waals surface area contributed by atoms with Crippen molar-refractivity contribution in [1.82, 2.24) is 14.9 Å². The van der Waals surface area contributed by atoms with Gasteiger partial charge in [0, 0.05) is 31.8 Å². The summed E-state index contributed by atoms with van der Waals surface area (Å²) < 4.78 is 16.9. The maximum Gasteiger partial charge on any atom is 0.217 e. The fourth-order valence-electron chi connectivity index (χ4n) is 2.81. The van der Waals surface area contributed by atoms with E-state index in [9.17, 15) is 0 Å². The summed E-state index contributed by atoms with van der Waals surface area (Å²) in [5.41, 5.74) is 1.84. The van der Waals surface area contributed by atoms with E-state index >= 15 is 0 Å². The van der Waals surface area contributed by atoms with E-state index in [1.807, 2.05) is 42.7 Å². The van der Waals surface area contributed by atoms with Gasteiger partial charge in [0.25, 0.3) is 0 Å². The molecular weight excluding hydrogens is 374 g/mol. The van der Waals surface area contributed by atoms with E-state index in [2.05, 4.69) is 26.7 Å². The first kappa shape index (κ1) is 20.6. The number of hydrogen-bond donors (Lipinski definition) is 0. The van der Waals surface area contributed by atoms with E-state index in [1.165, 1.54) is 11.8 Å². The van der Waals surface area contributed by atoms with Crippen LogP contribution in [0.4, 0.5) is 0 Å². The number of methoxy groups -OCH3 is 1. The van der Waals surface area contributed by atoms with Crippen LogP contribution in [0.2, 0.25) is 0 Å². The molecule has 2 aromatic rings. The lowest BCUT2D eigenvalue weighted by Crippen LogP contribution is -2.45. The summed E-state index contributed by atoms with van der Waals surface area (Å²) in [6.07, 6.45) is 1.93. The molecule has 28 heavy (non-hydrogen) atoms. The van der Waals surface area contributed by atoms with E-state index in [0.717, 1.165) is 30.9 Å². The molecular formula is C21H25N3O3S. The first-order valence-corrected chi connectivity index (χ1v) is 10.4. The first-order valence-electron chi connectivity index (χ1n) is 9.18. The van der Waals surface area contributed by atoms with Gasteiger partial charge in [0.05, 0.1) is 25.5 Å². The standard InChI is InChI=1S/C21H25N3O3S/c1-25-15-18-13-20(23-21(22-18)28-2)27-16-19-14-24(11-12-26-19)10-6-9-17-7-4-3-5-8-17/h3-5,7-8,13,19H,10-12,14-16H2,1-2H3. The number of rotatable bonds is 7. The summed E-state index contributed by atoms with van der Waals surface area (Å²) in [5, 5.41) is 0.673. The van der Waals surface area contributed by atoms with E-state index in [4.69, 9.17) is 14.2 Å². The Labute approximate surface area is 170 Å². The number of thioether (sulfide) groups is 1. The van der Waals surface area contributed by atoms with Crippen molar-refractivity contribution in [2.45, 2.75) is 17.9 Å². The summed E-state index contributed by atoms with van der Waals surface area (Å²) in [5.74, 6) is 7.00. The van der Waals surface area contributed by atoms with Crippen molar-refractivity contribution in [3.8, 4) is 17.7 Å². The van der Waals surface area contributed by atoms with Crippen molar-refractivity contribution in [2.75, 3.05) is 46.2 Å². The second-order valence-electron chi connectivity index (χ2n) is 6.32. The van der Waals surface area contributed by atoms with Crippen LogP contribution in [0.3, 0.4) is 0 Å². The van der Waals surface area contributed by atoms with Gasteiger partial charge < -0.3 is 14.2 Å². The molecule has 1 atom stereocenters. The predicted octanol–water partition coefficient (Wildman–Crippen LogP) is 2.48. The molecule has 0 spiro atoms. The number of hydrogen-bond acceptors (Lipinski definition) is 7. The van der Waals surface area contributed by atoms with Crippen LogP contribution in [0.5, 0.6) is 5.88 Å². The zero-order valence-electron chi connectivity index (χ0n) is 16.3. The second-order valence-corrected chi connectivity index (χ2v) is 7.10. The summed E-state index contributed by atoms with van der Waals surface area (Å²) in [7, 11) is 1.65. The lowest BCUT2D eigenvalue weighted by Gasteiger charge is -2.31. The quantitative estimate of drug-likeness (QED) is 0.403. The Morgan fingerprint density at radius 1 is 1.29 bits per heavy atom. The van der Waals surface area contributed by atoms with Crippen molar-refractivity contribution >= 4 is 11.8 Å². The monoisotopic (exact) mass is 399 g/mol. The third-order valence-corrected chi connectivity index (χ3v) is 4.71. The van der Waals surface area contributed by atoms with Crippen LogP contribution in [-0.2, 0) is 16.1 Å². The summed E-state index contributed by atoms with van der Waals surface area (Å²) >= 11 is 1.48. The van der Waals surface area contributed by atoms with E-state index in [-0.39, 0.29) is 6.10 Å². The highest BCUT2D eigenvalue weighted by Crippen LogP contribution is 2.17. The molecule has 0 aliphatic carbocycles. The van der Waals surface area contributed by atoms with E-state index in [1.54, 1.807) is 7.11 Å². The van der Waals surface area contributed by atoms with E-state index in [0.29, 0.717) is 30.9 Å². The Kier molecular flexibility index (Phi) is 8.12. The number of nitrogens with zero attached hydrogens (tertiary/aromatic N) is 3. The fourth-order valence-corrected chi connectivity index (χ4v) is 3.20. The van der Waals surface area contributed by atoms with Gasteiger partial charge in [0.15, 0.2) is 5.16 Å². The molecule has 0 amide bonds. The fraction of sp³-hybridized carbons (Fsp3) is 0.429. The average molecular weight is 400 g/mol. The Hall–Kier alpha value is -2.11. The molecule has 1 aliphatic rings. The van der Waals surface area contributed by atoms with Gasteiger partial charge in [-0.25, -0.2) is 4.98 Å². The van der Waals surface area contributed by atoms with Gasteiger partial charge in [0.2, 0.25) is 5.88 Å². The average Bonchev–Trinajstić information content (AvgIpc) is 2.73. The smallest absolute Gasteiger partial charge is 0.217 e. The summed E-state index contributed by atoms with van der Waals surface area (Å²) in [4.78, 5) is 11.1. The molecule has 1 aromatic carbocycles. The Balaban J connectivity index is 1.51. The topological polar surface area (TPSA) is 56.7 Å². The van der Waals surface area contributed by atoms with Crippen molar-refractivity contribution in [3.63, 3.8) is 0 Å². The van der Waals surface area contributed by atoms with E-state index < -0.39 is 0 Å². The number of morpholine rings is 1. The van der Waals surface area contributed by atoms with Crippen LogP contribution in [-0.4, -0.2) is 67.2 Å². The first-order chi connectivity index (χ1) is 13.8. The lowest BCUT2D eigenvalue weighted by molar-refractivity contribution is -0.0448. The number of aromatic nitrogens is 2. The summed E-state index contributed by atoms with van der Waals surface area (Å²) in [6.45, 7) is 3.93. The van der Waals surface area contributed by atoms with Gasteiger partial charge in [-0.1, -0.05) is 41.8 Å². The highest BCUT2D eigenvalue weighted by Gasteiger charge is 2.20. The highest BCUT2D eigenvalue weighted by atomic mass is 32.2. The third kappa shape index (κ3) is 6.50. The highest BCUT2D eigenvalue weighted by molar-refractivity contribution is 7.98. The maximum atomic E-state index is 5.89. The molecule has 2 heterocycles. The number of ether oxygens (including phenoxy) is 3. The molecule has 0 radical (unpaired) electrons. The molecule has 1 unspecified atom stereocenters. The van der Waals surface area contributed by atoms with Crippen LogP contribution in [0.25, 0.3) is 0 Å². The van der Waals surface area contributed by atoms with Gasteiger partial charge in [-0.15, -0.1) is 0 Å². The van der Waals surface area contributed by atoms with Gasteiger partial charge in [0.1, 0.15) is 12.7 Å². The Bertz CT molecular complexity index is 808. The molecule has 0 N–H and O–H groups in total. The minimum absolute atomic E-state index is 0.00848. The van der Waals surface area contributed by atoms with Crippen molar-refractivity contribution in [2.24, 2.45) is 0 Å². The largest absolute Gasteiger partial charge is 0.475 e. The normalized spacial score (nSPS) is 17.0. The third-order valence-electron chi connectivity index (χ3n) is 4.16. The van der Waals surface area contributed by atoms with Crippen LogP contribution in [0, 0.1) is 11.8 Å². The lowest BCUT2D eigenvalue weighted by atomic mass is 10.2. The van der Waals surface area contributed by atoms with Gasteiger partial charge in [-0.05, 0) is 18.4 Å². The molecule has 148 valence electrons. The number of benzene rings is 1. The molecule has 3 rings (SSSR count). The zero-order chi connectivity index (χ0) is 19.6. The molecule has 1 aliphatic heterocycles. The van der Waals surface area contributed by atoms with Crippen LogP contribution < -0.4 is 4.74 Å². The van der Waals surface area contributed by atoms with Crippen molar-refractivity contribution < 1.29 is 14.2 Å². The molecule has 1 saturated heterocycles. The Morgan fingerprint density at radius 3 is 2.93 bits per heavy atom. The minimum Gasteiger partial charge on any atom is -0.475 e. The van der Waals surface area contributed by atoms with Crippen LogP contribution in [0.1, 0.15) is 11.3 Å². The Morgan fingerprint density at radius 2 is 2.14 bits per heavy atom. The van der Waals surface area contributed by atoms with Gasteiger partial charge >= 0.3 is 0 Å². The molecule has 0 bridgehead atoms. The van der Waals surface area contributed by atoms with Crippen LogP contribution >= 0.6 is 11.8 Å². The maximum absolute atomic E-state index is 5.89. The molecule has 1 aromatic heterocycles. The van der Waals surface area contributed by atoms with Crippen molar-refractivity contribution in [1.29, 1.82) is 0 Å². The second kappa shape index (κ2) is 11.0. The van der Waals surface area contributed by atoms with Crippen LogP contribution in [0.15, 0.2) is 41.6 Å². The zero-order valence-corrected chi connectivity index (χ0v) is 17.1. The summed E-state index contributed by atoms with van der Waals surface area (Å²) in [6, 6.07) is 11.8. The van der Waals surface area contributed by atoms with Gasteiger partial charge in [-0.3, -0.25) is 4.90 Å². The SMILES string of the molecule is COCc1cc(OCC2CN(CC#Cc3ccccc3)CCO2)nc(SC)n1. The minimum atomic E-state index is -0.00848.